The number of aliphatic imine (C=N–C) groups is 1. The molecule has 3 rings (SSSR count). The summed E-state index contributed by atoms with van der Waals surface area (Å²) in [4.78, 5) is 28.5. The zero-order valence-corrected chi connectivity index (χ0v) is 19.1. The number of carbonyl (C=O) groups excluding carboxylic acids is 2. The molecule has 0 saturated carbocycles. The van der Waals surface area contributed by atoms with Gasteiger partial charge in [-0.3, -0.25) is 4.79 Å². The van der Waals surface area contributed by atoms with E-state index in [-0.39, 0.29) is 29.2 Å². The zero-order valence-electron chi connectivity index (χ0n) is 19.1. The van der Waals surface area contributed by atoms with E-state index in [4.69, 9.17) is 18.9 Å². The van der Waals surface area contributed by atoms with Crippen LogP contribution in [0.25, 0.3) is 6.08 Å². The third-order valence-electron chi connectivity index (χ3n) is 4.91. The van der Waals surface area contributed by atoms with E-state index in [9.17, 15) is 9.59 Å². The van der Waals surface area contributed by atoms with E-state index in [1.165, 1.54) is 19.8 Å². The van der Waals surface area contributed by atoms with Crippen molar-refractivity contribution >= 4 is 23.9 Å². The maximum atomic E-state index is 12.4. The van der Waals surface area contributed by atoms with Crippen LogP contribution in [0.3, 0.4) is 0 Å². The number of rotatable bonds is 6. The Balaban J connectivity index is 1.94. The molecule has 168 valence electrons. The third-order valence-corrected chi connectivity index (χ3v) is 4.91. The highest BCUT2D eigenvalue weighted by molar-refractivity contribution is 6.12. The normalized spacial score (nSPS) is 14.8. The minimum Gasteiger partial charge on any atom is -0.493 e. The highest BCUT2D eigenvalue weighted by Crippen LogP contribution is 2.39. The molecule has 1 aliphatic rings. The molecule has 0 spiro atoms. The summed E-state index contributed by atoms with van der Waals surface area (Å²) < 4.78 is 21.4. The minimum absolute atomic E-state index is 0.0213. The lowest BCUT2D eigenvalue weighted by Crippen LogP contribution is -2.11. The summed E-state index contributed by atoms with van der Waals surface area (Å²) in [6.07, 6.45) is 1.77. The number of ether oxygens (including phenoxy) is 4. The lowest BCUT2D eigenvalue weighted by molar-refractivity contribution is -0.134. The van der Waals surface area contributed by atoms with Gasteiger partial charge in [0, 0.05) is 12.0 Å². The molecule has 0 N–H and O–H groups in total. The first kappa shape index (κ1) is 23.1. The minimum atomic E-state index is -0.556. The molecule has 32 heavy (non-hydrogen) atoms. The average molecular weight is 437 g/mol. The Kier molecular flexibility index (Phi) is 6.67. The Labute approximate surface area is 187 Å². The van der Waals surface area contributed by atoms with Crippen molar-refractivity contribution in [3.05, 3.63) is 58.8 Å². The number of nitrogens with zero attached hydrogens (tertiary/aromatic N) is 1. The molecule has 1 heterocycles. The van der Waals surface area contributed by atoms with Gasteiger partial charge in [0.05, 0.1) is 14.2 Å². The van der Waals surface area contributed by atoms with Gasteiger partial charge in [0.2, 0.25) is 11.6 Å². The molecule has 7 heteroatoms. The van der Waals surface area contributed by atoms with E-state index < -0.39 is 11.9 Å². The van der Waals surface area contributed by atoms with Crippen molar-refractivity contribution in [1.82, 2.24) is 0 Å². The molecule has 0 atom stereocenters. The number of esters is 2. The number of carbonyl (C=O) groups is 2. The van der Waals surface area contributed by atoms with Crippen LogP contribution in [-0.4, -0.2) is 32.1 Å². The van der Waals surface area contributed by atoms with Crippen LogP contribution in [0.2, 0.25) is 0 Å². The number of hydrogen-bond acceptors (Lipinski definition) is 7. The van der Waals surface area contributed by atoms with E-state index in [0.717, 1.165) is 0 Å². The lowest BCUT2D eigenvalue weighted by Gasteiger charge is -2.18. The second kappa shape index (κ2) is 9.26. The highest BCUT2D eigenvalue weighted by atomic mass is 16.6. The molecule has 7 nitrogen and oxygen atoms in total. The van der Waals surface area contributed by atoms with Gasteiger partial charge in [-0.1, -0.05) is 39.8 Å². The molecule has 0 fully saturated rings. The highest BCUT2D eigenvalue weighted by Gasteiger charge is 2.25. The Morgan fingerprint density at radius 2 is 1.66 bits per heavy atom. The Bertz CT molecular complexity index is 1070. The Morgan fingerprint density at radius 1 is 1.06 bits per heavy atom. The van der Waals surface area contributed by atoms with Crippen LogP contribution in [0.1, 0.15) is 50.8 Å². The van der Waals surface area contributed by atoms with Gasteiger partial charge in [0.15, 0.2) is 17.2 Å². The third kappa shape index (κ3) is 4.99. The second-order valence-corrected chi connectivity index (χ2v) is 8.25. The molecular weight excluding hydrogens is 410 g/mol. The predicted octanol–water partition coefficient (Wildman–Crippen LogP) is 4.66. The van der Waals surface area contributed by atoms with E-state index >= 15 is 0 Å². The number of benzene rings is 2. The molecule has 2 aromatic rings. The maximum Gasteiger partial charge on any atom is 0.363 e. The first-order valence-electron chi connectivity index (χ1n) is 10.3. The maximum absolute atomic E-state index is 12.4. The van der Waals surface area contributed by atoms with Crippen LogP contribution in [-0.2, 0) is 19.7 Å². The van der Waals surface area contributed by atoms with E-state index in [1.807, 2.05) is 24.3 Å². The molecule has 1 aliphatic heterocycles. The van der Waals surface area contributed by atoms with Gasteiger partial charge >= 0.3 is 11.9 Å². The van der Waals surface area contributed by atoms with Crippen molar-refractivity contribution in [2.24, 2.45) is 4.99 Å². The zero-order chi connectivity index (χ0) is 23.5. The average Bonchev–Trinajstić information content (AvgIpc) is 3.13. The van der Waals surface area contributed by atoms with E-state index in [2.05, 4.69) is 25.8 Å². The molecule has 0 bridgehead atoms. The first-order chi connectivity index (χ1) is 15.2. The summed E-state index contributed by atoms with van der Waals surface area (Å²) in [6.45, 7) is 8.09. The molecular formula is C25H27NO6. The Hall–Kier alpha value is -3.61. The molecule has 0 unspecified atom stereocenters. The summed E-state index contributed by atoms with van der Waals surface area (Å²) in [6, 6.07) is 11.0. The Morgan fingerprint density at radius 3 is 2.16 bits per heavy atom. The van der Waals surface area contributed by atoms with Gasteiger partial charge in [-0.05, 0) is 46.9 Å². The number of cyclic esters (lactones) is 1. The summed E-state index contributed by atoms with van der Waals surface area (Å²) in [5.74, 6) is 0.0473. The molecule has 0 amide bonds. The summed E-state index contributed by atoms with van der Waals surface area (Å²) >= 11 is 0. The van der Waals surface area contributed by atoms with Crippen LogP contribution in [0.4, 0.5) is 0 Å². The summed E-state index contributed by atoms with van der Waals surface area (Å²) in [7, 11) is 2.91. The van der Waals surface area contributed by atoms with Crippen LogP contribution in [0.5, 0.6) is 17.2 Å². The van der Waals surface area contributed by atoms with Gasteiger partial charge in [-0.2, -0.15) is 0 Å². The van der Waals surface area contributed by atoms with Gasteiger partial charge in [0.1, 0.15) is 0 Å². The van der Waals surface area contributed by atoms with Crippen LogP contribution < -0.4 is 14.2 Å². The monoisotopic (exact) mass is 437 g/mol. The quantitative estimate of drug-likeness (QED) is 0.371. The molecule has 0 aliphatic carbocycles. The summed E-state index contributed by atoms with van der Waals surface area (Å²) in [5, 5.41) is 0. The smallest absolute Gasteiger partial charge is 0.363 e. The number of methoxy groups -OCH3 is 2. The fourth-order valence-corrected chi connectivity index (χ4v) is 3.07. The van der Waals surface area contributed by atoms with E-state index in [0.29, 0.717) is 22.6 Å². The van der Waals surface area contributed by atoms with Crippen molar-refractivity contribution in [2.75, 3.05) is 14.2 Å². The lowest BCUT2D eigenvalue weighted by atomic mass is 9.87. The fraction of sp³-hybridized carbons (Fsp3) is 0.320. The van der Waals surface area contributed by atoms with Gasteiger partial charge in [-0.15, -0.1) is 0 Å². The van der Waals surface area contributed by atoms with Gasteiger partial charge < -0.3 is 18.9 Å². The van der Waals surface area contributed by atoms with Crippen molar-refractivity contribution in [3.8, 4) is 17.2 Å². The SMILES string of the molecule is CCC(=O)Oc1c(OC)cc(/C=C2/N=C(c3ccc(C(C)(C)C)cc3)OC2=O)cc1OC. The molecule has 0 saturated heterocycles. The predicted molar refractivity (Wildman–Crippen MR) is 121 cm³/mol. The first-order valence-corrected chi connectivity index (χ1v) is 10.3. The van der Waals surface area contributed by atoms with Crippen molar-refractivity contribution in [1.29, 1.82) is 0 Å². The topological polar surface area (TPSA) is 83.4 Å². The second-order valence-electron chi connectivity index (χ2n) is 8.25. The van der Waals surface area contributed by atoms with Crippen molar-refractivity contribution in [3.63, 3.8) is 0 Å². The number of hydrogen-bond donors (Lipinski definition) is 0. The summed E-state index contributed by atoms with van der Waals surface area (Å²) in [5.41, 5.74) is 2.63. The largest absolute Gasteiger partial charge is 0.493 e. The van der Waals surface area contributed by atoms with E-state index in [1.54, 1.807) is 25.1 Å². The van der Waals surface area contributed by atoms with Crippen LogP contribution in [0.15, 0.2) is 47.1 Å². The fourth-order valence-electron chi connectivity index (χ4n) is 3.07. The van der Waals surface area contributed by atoms with Gasteiger partial charge in [-0.25, -0.2) is 9.79 Å². The van der Waals surface area contributed by atoms with Crippen molar-refractivity contribution in [2.45, 2.75) is 39.5 Å². The van der Waals surface area contributed by atoms with Gasteiger partial charge in [0.25, 0.3) is 0 Å². The molecule has 2 aromatic carbocycles. The van der Waals surface area contributed by atoms with Crippen LogP contribution >= 0.6 is 0 Å². The van der Waals surface area contributed by atoms with Crippen LogP contribution in [0, 0.1) is 0 Å². The molecule has 0 aromatic heterocycles. The standard InChI is InChI=1S/C25H27NO6/c1-7-21(27)31-22-19(29-5)13-15(14-20(22)30-6)12-18-24(28)32-23(26-18)16-8-10-17(11-9-16)25(2,3)4/h8-14H,7H2,1-6H3/b18-12+. The van der Waals surface area contributed by atoms with Crippen molar-refractivity contribution < 1.29 is 28.5 Å². The molecule has 0 radical (unpaired) electrons.